The van der Waals surface area contributed by atoms with Gasteiger partial charge in [-0.3, -0.25) is 4.79 Å². The Balaban J connectivity index is 2.24. The molecule has 2 aromatic carbocycles. The van der Waals surface area contributed by atoms with Crippen molar-refractivity contribution in [2.75, 3.05) is 5.73 Å². The Labute approximate surface area is 108 Å². The van der Waals surface area contributed by atoms with Gasteiger partial charge in [0.15, 0.2) is 0 Å². The standard InChI is InChI=1S/C13H11FN2OS/c14-9-2-4-10(5-3-9)18-12-6-1-8(13(16)17)7-11(12)15/h1-7H,15H2,(H2,16,17). The van der Waals surface area contributed by atoms with E-state index in [0.29, 0.717) is 11.3 Å². The van der Waals surface area contributed by atoms with Gasteiger partial charge in [-0.2, -0.15) is 0 Å². The summed E-state index contributed by atoms with van der Waals surface area (Å²) >= 11 is 1.40. The smallest absolute Gasteiger partial charge is 0.248 e. The van der Waals surface area contributed by atoms with Crippen molar-refractivity contribution in [1.29, 1.82) is 0 Å². The van der Waals surface area contributed by atoms with Gasteiger partial charge in [0.05, 0.1) is 0 Å². The third-order valence-electron chi connectivity index (χ3n) is 2.34. The third-order valence-corrected chi connectivity index (χ3v) is 3.44. The summed E-state index contributed by atoms with van der Waals surface area (Å²) in [7, 11) is 0. The number of nitrogen functional groups attached to an aromatic ring is 1. The molecule has 2 aromatic rings. The van der Waals surface area contributed by atoms with E-state index < -0.39 is 5.91 Å². The maximum absolute atomic E-state index is 12.8. The van der Waals surface area contributed by atoms with Crippen LogP contribution in [0.1, 0.15) is 10.4 Å². The zero-order valence-corrected chi connectivity index (χ0v) is 10.2. The van der Waals surface area contributed by atoms with E-state index in [1.807, 2.05) is 0 Å². The highest BCUT2D eigenvalue weighted by Crippen LogP contribution is 2.32. The fourth-order valence-corrected chi connectivity index (χ4v) is 2.26. The van der Waals surface area contributed by atoms with E-state index in [1.165, 1.54) is 30.0 Å². The summed E-state index contributed by atoms with van der Waals surface area (Å²) in [6, 6.07) is 11.0. The number of hydrogen-bond donors (Lipinski definition) is 2. The van der Waals surface area contributed by atoms with Crippen LogP contribution in [0.25, 0.3) is 0 Å². The number of amides is 1. The number of carbonyl (C=O) groups excluding carboxylic acids is 1. The normalized spacial score (nSPS) is 10.3. The van der Waals surface area contributed by atoms with E-state index in [4.69, 9.17) is 11.5 Å². The fourth-order valence-electron chi connectivity index (χ4n) is 1.42. The summed E-state index contributed by atoms with van der Waals surface area (Å²) in [5.41, 5.74) is 11.8. The lowest BCUT2D eigenvalue weighted by Gasteiger charge is -2.06. The van der Waals surface area contributed by atoms with E-state index in [0.717, 1.165) is 9.79 Å². The van der Waals surface area contributed by atoms with Crippen LogP contribution in [-0.2, 0) is 0 Å². The molecular weight excluding hydrogens is 251 g/mol. The molecule has 4 N–H and O–H groups in total. The summed E-state index contributed by atoms with van der Waals surface area (Å²) in [4.78, 5) is 12.6. The first kappa shape index (κ1) is 12.4. The first-order chi connectivity index (χ1) is 8.56. The van der Waals surface area contributed by atoms with Gasteiger partial charge in [-0.1, -0.05) is 11.8 Å². The average molecular weight is 262 g/mol. The van der Waals surface area contributed by atoms with Gasteiger partial charge < -0.3 is 11.5 Å². The summed E-state index contributed by atoms with van der Waals surface area (Å²) in [5, 5.41) is 0. The van der Waals surface area contributed by atoms with E-state index >= 15 is 0 Å². The lowest BCUT2D eigenvalue weighted by Crippen LogP contribution is -2.11. The topological polar surface area (TPSA) is 69.1 Å². The molecule has 0 fully saturated rings. The van der Waals surface area contributed by atoms with Crippen LogP contribution in [0.4, 0.5) is 10.1 Å². The molecule has 0 aliphatic heterocycles. The summed E-state index contributed by atoms with van der Waals surface area (Å²) in [6.45, 7) is 0. The molecule has 2 rings (SSSR count). The molecule has 0 atom stereocenters. The Hall–Kier alpha value is -2.01. The van der Waals surface area contributed by atoms with Crippen molar-refractivity contribution < 1.29 is 9.18 Å². The van der Waals surface area contributed by atoms with Crippen molar-refractivity contribution in [3.05, 3.63) is 53.8 Å². The molecule has 3 nitrogen and oxygen atoms in total. The summed E-state index contributed by atoms with van der Waals surface area (Å²) in [5.74, 6) is -0.795. The molecule has 0 aliphatic rings. The monoisotopic (exact) mass is 262 g/mol. The molecule has 0 saturated heterocycles. The SMILES string of the molecule is NC(=O)c1ccc(Sc2ccc(F)cc2)c(N)c1. The van der Waals surface area contributed by atoms with E-state index in [9.17, 15) is 9.18 Å². The minimum Gasteiger partial charge on any atom is -0.398 e. The molecule has 0 unspecified atom stereocenters. The van der Waals surface area contributed by atoms with Gasteiger partial charge in [0, 0.05) is 21.0 Å². The predicted octanol–water partition coefficient (Wildman–Crippen LogP) is 2.66. The number of nitrogens with two attached hydrogens (primary N) is 2. The van der Waals surface area contributed by atoms with Crippen LogP contribution < -0.4 is 11.5 Å². The first-order valence-corrected chi connectivity index (χ1v) is 6.00. The minimum atomic E-state index is -0.514. The van der Waals surface area contributed by atoms with Gasteiger partial charge >= 0.3 is 0 Å². The van der Waals surface area contributed by atoms with Crippen LogP contribution in [-0.4, -0.2) is 5.91 Å². The number of hydrogen-bond acceptors (Lipinski definition) is 3. The number of carbonyl (C=O) groups is 1. The van der Waals surface area contributed by atoms with Crippen LogP contribution in [0.5, 0.6) is 0 Å². The minimum absolute atomic E-state index is 0.281. The number of rotatable bonds is 3. The van der Waals surface area contributed by atoms with Crippen LogP contribution in [0, 0.1) is 5.82 Å². The van der Waals surface area contributed by atoms with Gasteiger partial charge in [-0.15, -0.1) is 0 Å². The summed E-state index contributed by atoms with van der Waals surface area (Å²) in [6.07, 6.45) is 0. The second-order valence-electron chi connectivity index (χ2n) is 3.67. The highest BCUT2D eigenvalue weighted by Gasteiger charge is 2.06. The van der Waals surface area contributed by atoms with Crippen molar-refractivity contribution >= 4 is 23.4 Å². The van der Waals surface area contributed by atoms with E-state index in [-0.39, 0.29) is 5.82 Å². The van der Waals surface area contributed by atoms with Gasteiger partial charge in [0.1, 0.15) is 5.82 Å². The second kappa shape index (κ2) is 5.10. The van der Waals surface area contributed by atoms with Crippen molar-refractivity contribution in [2.24, 2.45) is 5.73 Å². The highest BCUT2D eigenvalue weighted by atomic mass is 32.2. The van der Waals surface area contributed by atoms with Gasteiger partial charge in [0.2, 0.25) is 5.91 Å². The van der Waals surface area contributed by atoms with Crippen LogP contribution in [0.15, 0.2) is 52.3 Å². The molecule has 0 heterocycles. The maximum Gasteiger partial charge on any atom is 0.248 e. The highest BCUT2D eigenvalue weighted by molar-refractivity contribution is 7.99. The molecule has 0 radical (unpaired) electrons. The fraction of sp³-hybridized carbons (Fsp3) is 0. The zero-order chi connectivity index (χ0) is 13.1. The van der Waals surface area contributed by atoms with Gasteiger partial charge in [0.25, 0.3) is 0 Å². The largest absolute Gasteiger partial charge is 0.398 e. The Morgan fingerprint density at radius 1 is 1.11 bits per heavy atom. The Kier molecular flexibility index (Phi) is 3.53. The third kappa shape index (κ3) is 2.81. The molecule has 92 valence electrons. The van der Waals surface area contributed by atoms with Crippen molar-refractivity contribution in [3.63, 3.8) is 0 Å². The van der Waals surface area contributed by atoms with Gasteiger partial charge in [-0.05, 0) is 42.5 Å². The lowest BCUT2D eigenvalue weighted by molar-refractivity contribution is 0.100. The second-order valence-corrected chi connectivity index (χ2v) is 4.79. The van der Waals surface area contributed by atoms with Crippen molar-refractivity contribution in [3.8, 4) is 0 Å². The predicted molar refractivity (Wildman–Crippen MR) is 69.9 cm³/mol. The lowest BCUT2D eigenvalue weighted by atomic mass is 10.2. The van der Waals surface area contributed by atoms with Crippen molar-refractivity contribution in [1.82, 2.24) is 0 Å². The number of primary amides is 1. The van der Waals surface area contributed by atoms with Crippen molar-refractivity contribution in [2.45, 2.75) is 9.79 Å². The Morgan fingerprint density at radius 3 is 2.33 bits per heavy atom. The number of halogens is 1. The molecule has 1 amide bonds. The van der Waals surface area contributed by atoms with E-state index in [1.54, 1.807) is 24.3 Å². The summed E-state index contributed by atoms with van der Waals surface area (Å²) < 4.78 is 12.8. The molecular formula is C13H11FN2OS. The average Bonchev–Trinajstić information content (AvgIpc) is 2.34. The number of benzene rings is 2. The molecule has 0 spiro atoms. The van der Waals surface area contributed by atoms with Crippen LogP contribution >= 0.6 is 11.8 Å². The first-order valence-electron chi connectivity index (χ1n) is 5.19. The van der Waals surface area contributed by atoms with Gasteiger partial charge in [-0.25, -0.2) is 4.39 Å². The van der Waals surface area contributed by atoms with Crippen LogP contribution in [0.2, 0.25) is 0 Å². The quantitative estimate of drug-likeness (QED) is 0.835. The molecule has 0 saturated carbocycles. The molecule has 18 heavy (non-hydrogen) atoms. The number of anilines is 1. The molecule has 0 aliphatic carbocycles. The Morgan fingerprint density at radius 2 is 1.78 bits per heavy atom. The molecule has 5 heteroatoms. The van der Waals surface area contributed by atoms with E-state index in [2.05, 4.69) is 0 Å². The molecule has 0 aromatic heterocycles. The Bertz CT molecular complexity index is 584. The van der Waals surface area contributed by atoms with Crippen LogP contribution in [0.3, 0.4) is 0 Å². The molecule has 0 bridgehead atoms. The zero-order valence-electron chi connectivity index (χ0n) is 9.39. The maximum atomic E-state index is 12.8.